The summed E-state index contributed by atoms with van der Waals surface area (Å²) in [5.74, 6) is 3.00. The van der Waals surface area contributed by atoms with Gasteiger partial charge in [0, 0.05) is 0 Å². The maximum absolute atomic E-state index is 4.07. The van der Waals surface area contributed by atoms with Crippen LogP contribution in [0, 0.1) is 17.8 Å². The van der Waals surface area contributed by atoms with E-state index in [4.69, 9.17) is 0 Å². The van der Waals surface area contributed by atoms with E-state index in [-0.39, 0.29) is 0 Å². The van der Waals surface area contributed by atoms with Crippen LogP contribution in [0.1, 0.15) is 26.2 Å². The first-order chi connectivity index (χ1) is 4.29. The summed E-state index contributed by atoms with van der Waals surface area (Å²) in [5.41, 5.74) is 1.51. The van der Waals surface area contributed by atoms with Crippen LogP contribution in [-0.2, 0) is 0 Å². The van der Waals surface area contributed by atoms with E-state index >= 15 is 0 Å². The fourth-order valence-corrected chi connectivity index (χ4v) is 2.12. The molecule has 0 radical (unpaired) electrons. The molecule has 3 atom stereocenters. The Hall–Kier alpha value is -0.260. The second-order valence-electron chi connectivity index (χ2n) is 3.65. The van der Waals surface area contributed by atoms with Gasteiger partial charge in [0.15, 0.2) is 0 Å². The highest BCUT2D eigenvalue weighted by molar-refractivity contribution is 5.12. The summed E-state index contributed by atoms with van der Waals surface area (Å²) in [6.07, 6.45) is 4.25. The van der Waals surface area contributed by atoms with Gasteiger partial charge in [0.1, 0.15) is 0 Å². The number of fused-ring (bicyclic) bond motifs is 1. The molecule has 0 bridgehead atoms. The molecule has 9 heavy (non-hydrogen) atoms. The lowest BCUT2D eigenvalue weighted by atomic mass is 9.87. The van der Waals surface area contributed by atoms with Gasteiger partial charge in [-0.2, -0.15) is 0 Å². The summed E-state index contributed by atoms with van der Waals surface area (Å²) >= 11 is 0. The van der Waals surface area contributed by atoms with Crippen LogP contribution in [-0.4, -0.2) is 0 Å². The number of hydrogen-bond acceptors (Lipinski definition) is 0. The first-order valence-electron chi connectivity index (χ1n) is 3.96. The third kappa shape index (κ3) is 0.726. The zero-order valence-corrected chi connectivity index (χ0v) is 6.06. The highest BCUT2D eigenvalue weighted by Gasteiger charge is 2.44. The molecule has 2 saturated carbocycles. The van der Waals surface area contributed by atoms with Crippen LogP contribution in [0.2, 0.25) is 0 Å². The maximum atomic E-state index is 4.07. The van der Waals surface area contributed by atoms with Crippen LogP contribution >= 0.6 is 0 Å². The molecule has 2 fully saturated rings. The lowest BCUT2D eigenvalue weighted by Crippen LogP contribution is -2.08. The minimum atomic E-state index is 0.851. The van der Waals surface area contributed by atoms with Crippen molar-refractivity contribution in [2.45, 2.75) is 26.2 Å². The van der Waals surface area contributed by atoms with Gasteiger partial charge in [-0.15, -0.1) is 0 Å². The minimum Gasteiger partial charge on any atom is -0.0996 e. The average Bonchev–Trinajstić information content (AvgIpc) is 2.58. The van der Waals surface area contributed by atoms with Gasteiger partial charge in [0.25, 0.3) is 0 Å². The highest BCUT2D eigenvalue weighted by atomic mass is 14.5. The Morgan fingerprint density at radius 2 is 2.33 bits per heavy atom. The zero-order chi connectivity index (χ0) is 6.43. The monoisotopic (exact) mass is 122 g/mol. The van der Waals surface area contributed by atoms with Crippen molar-refractivity contribution in [1.82, 2.24) is 0 Å². The van der Waals surface area contributed by atoms with Crippen LogP contribution in [0.5, 0.6) is 0 Å². The normalized spacial score (nSPS) is 48.6. The predicted octanol–water partition coefficient (Wildman–Crippen LogP) is 2.61. The molecular weight excluding hydrogens is 108 g/mol. The summed E-state index contributed by atoms with van der Waals surface area (Å²) in [4.78, 5) is 0. The zero-order valence-electron chi connectivity index (χ0n) is 6.06. The number of allylic oxidation sites excluding steroid dienone is 1. The van der Waals surface area contributed by atoms with E-state index in [9.17, 15) is 0 Å². The van der Waals surface area contributed by atoms with Crippen molar-refractivity contribution in [2.75, 3.05) is 0 Å². The fraction of sp³-hybridized carbons (Fsp3) is 0.778. The molecule has 0 N–H and O–H groups in total. The molecule has 2 aliphatic rings. The summed E-state index contributed by atoms with van der Waals surface area (Å²) in [5, 5.41) is 0. The quantitative estimate of drug-likeness (QED) is 0.433. The summed E-state index contributed by atoms with van der Waals surface area (Å²) in [7, 11) is 0. The average molecular weight is 122 g/mol. The van der Waals surface area contributed by atoms with Gasteiger partial charge in [-0.1, -0.05) is 19.1 Å². The summed E-state index contributed by atoms with van der Waals surface area (Å²) in [6.45, 7) is 6.41. The van der Waals surface area contributed by atoms with E-state index in [2.05, 4.69) is 13.5 Å². The highest BCUT2D eigenvalue weighted by Crippen LogP contribution is 2.53. The van der Waals surface area contributed by atoms with Crippen molar-refractivity contribution in [3.05, 3.63) is 12.2 Å². The van der Waals surface area contributed by atoms with Gasteiger partial charge in [0.05, 0.1) is 0 Å². The van der Waals surface area contributed by atoms with Gasteiger partial charge in [0.2, 0.25) is 0 Å². The molecule has 0 spiro atoms. The van der Waals surface area contributed by atoms with Crippen molar-refractivity contribution in [1.29, 1.82) is 0 Å². The minimum absolute atomic E-state index is 0.851. The third-order valence-electron chi connectivity index (χ3n) is 3.10. The first kappa shape index (κ1) is 5.52. The smallest absolute Gasteiger partial charge is 0.0203 e. The molecule has 0 aromatic rings. The van der Waals surface area contributed by atoms with Crippen LogP contribution in [0.15, 0.2) is 12.2 Å². The summed E-state index contributed by atoms with van der Waals surface area (Å²) < 4.78 is 0. The molecule has 0 saturated heterocycles. The van der Waals surface area contributed by atoms with Gasteiger partial charge in [-0.3, -0.25) is 0 Å². The molecule has 0 heteroatoms. The van der Waals surface area contributed by atoms with E-state index in [1.807, 2.05) is 0 Å². The standard InChI is InChI=1S/C9H14/c1-6-3-4-8-5-9(8)7(6)2/h7-9H,1,3-5H2,2H3. The van der Waals surface area contributed by atoms with Crippen molar-refractivity contribution in [3.63, 3.8) is 0 Å². The van der Waals surface area contributed by atoms with Gasteiger partial charge in [-0.25, -0.2) is 0 Å². The molecule has 2 aliphatic carbocycles. The lowest BCUT2D eigenvalue weighted by molar-refractivity contribution is 0.457. The number of rotatable bonds is 0. The van der Waals surface area contributed by atoms with E-state index in [1.165, 1.54) is 24.8 Å². The van der Waals surface area contributed by atoms with E-state index in [0.29, 0.717) is 0 Å². The van der Waals surface area contributed by atoms with E-state index < -0.39 is 0 Å². The Morgan fingerprint density at radius 3 is 3.00 bits per heavy atom. The molecule has 0 aliphatic heterocycles. The maximum Gasteiger partial charge on any atom is -0.0203 e. The van der Waals surface area contributed by atoms with Crippen molar-refractivity contribution < 1.29 is 0 Å². The van der Waals surface area contributed by atoms with Gasteiger partial charge >= 0.3 is 0 Å². The van der Waals surface area contributed by atoms with Gasteiger partial charge in [-0.05, 0) is 37.0 Å². The Kier molecular flexibility index (Phi) is 0.992. The van der Waals surface area contributed by atoms with Crippen LogP contribution < -0.4 is 0 Å². The molecule has 0 heterocycles. The van der Waals surface area contributed by atoms with E-state index in [1.54, 1.807) is 0 Å². The second kappa shape index (κ2) is 1.62. The molecule has 0 aromatic heterocycles. The Bertz CT molecular complexity index is 146. The van der Waals surface area contributed by atoms with Crippen molar-refractivity contribution in [3.8, 4) is 0 Å². The Morgan fingerprint density at radius 1 is 1.56 bits per heavy atom. The Labute approximate surface area is 57.0 Å². The molecule has 3 unspecified atom stereocenters. The molecule has 50 valence electrons. The third-order valence-corrected chi connectivity index (χ3v) is 3.10. The van der Waals surface area contributed by atoms with Crippen molar-refractivity contribution >= 4 is 0 Å². The summed E-state index contributed by atoms with van der Waals surface area (Å²) in [6, 6.07) is 0. The van der Waals surface area contributed by atoms with Crippen LogP contribution in [0.3, 0.4) is 0 Å². The molecular formula is C9H14. The molecule has 0 amide bonds. The molecule has 2 rings (SSSR count). The molecule has 0 aromatic carbocycles. The van der Waals surface area contributed by atoms with Crippen molar-refractivity contribution in [2.24, 2.45) is 17.8 Å². The predicted molar refractivity (Wildman–Crippen MR) is 39.1 cm³/mol. The second-order valence-corrected chi connectivity index (χ2v) is 3.65. The first-order valence-corrected chi connectivity index (χ1v) is 3.96. The topological polar surface area (TPSA) is 0 Å². The Balaban J connectivity index is 2.10. The number of hydrogen-bond donors (Lipinski definition) is 0. The largest absolute Gasteiger partial charge is 0.0996 e. The van der Waals surface area contributed by atoms with Crippen LogP contribution in [0.4, 0.5) is 0 Å². The molecule has 0 nitrogen and oxygen atoms in total. The lowest BCUT2D eigenvalue weighted by Gasteiger charge is -2.19. The van der Waals surface area contributed by atoms with Gasteiger partial charge < -0.3 is 0 Å². The van der Waals surface area contributed by atoms with Crippen LogP contribution in [0.25, 0.3) is 0 Å². The fourth-order valence-electron chi connectivity index (χ4n) is 2.12. The SMILES string of the molecule is C=C1CCC2CC2C1C. The van der Waals surface area contributed by atoms with E-state index in [0.717, 1.165) is 17.8 Å².